The van der Waals surface area contributed by atoms with Gasteiger partial charge >= 0.3 is 0 Å². The minimum atomic E-state index is -0.792. The number of ether oxygens (including phenoxy) is 1. The molecule has 3 aromatic rings. The van der Waals surface area contributed by atoms with E-state index in [-0.39, 0.29) is 11.3 Å². The number of benzene rings is 2. The zero-order chi connectivity index (χ0) is 15.0. The van der Waals surface area contributed by atoms with Crippen LogP contribution in [-0.4, -0.2) is 12.9 Å². The van der Waals surface area contributed by atoms with Crippen LogP contribution in [0.1, 0.15) is 16.1 Å². The highest BCUT2D eigenvalue weighted by Crippen LogP contribution is 2.26. The van der Waals surface area contributed by atoms with Gasteiger partial charge in [0.2, 0.25) is 5.78 Å². The molecule has 0 bridgehead atoms. The molecule has 0 N–H and O–H groups in total. The van der Waals surface area contributed by atoms with E-state index in [0.717, 1.165) is 18.2 Å². The number of rotatable bonds is 3. The van der Waals surface area contributed by atoms with Crippen molar-refractivity contribution in [2.24, 2.45) is 0 Å². The molecule has 3 nitrogen and oxygen atoms in total. The fourth-order valence-corrected chi connectivity index (χ4v) is 2.05. The molecular weight excluding hydrogens is 278 g/mol. The topological polar surface area (TPSA) is 39.4 Å². The van der Waals surface area contributed by atoms with E-state index in [1.165, 1.54) is 13.2 Å². The zero-order valence-electron chi connectivity index (χ0n) is 11.0. The van der Waals surface area contributed by atoms with Crippen LogP contribution < -0.4 is 4.74 Å². The molecule has 0 aliphatic rings. The summed E-state index contributed by atoms with van der Waals surface area (Å²) in [5.74, 6) is -1.66. The number of furan rings is 1. The number of halogens is 2. The van der Waals surface area contributed by atoms with E-state index in [1.54, 1.807) is 18.2 Å². The Labute approximate surface area is 118 Å². The third-order valence-corrected chi connectivity index (χ3v) is 3.12. The van der Waals surface area contributed by atoms with Crippen LogP contribution >= 0.6 is 0 Å². The maximum Gasteiger partial charge on any atom is 0.231 e. The van der Waals surface area contributed by atoms with E-state index in [1.807, 2.05) is 0 Å². The van der Waals surface area contributed by atoms with Crippen LogP contribution in [0.3, 0.4) is 0 Å². The van der Waals surface area contributed by atoms with Crippen molar-refractivity contribution >= 4 is 16.8 Å². The molecule has 106 valence electrons. The number of fused-ring (bicyclic) bond motifs is 1. The van der Waals surface area contributed by atoms with E-state index >= 15 is 0 Å². The average molecular weight is 288 g/mol. The summed E-state index contributed by atoms with van der Waals surface area (Å²) < 4.78 is 37.3. The Kier molecular flexibility index (Phi) is 3.17. The average Bonchev–Trinajstić information content (AvgIpc) is 2.91. The summed E-state index contributed by atoms with van der Waals surface area (Å²) in [6, 6.07) is 9.26. The molecule has 0 saturated carbocycles. The quantitative estimate of drug-likeness (QED) is 0.685. The van der Waals surface area contributed by atoms with Crippen LogP contribution in [0.2, 0.25) is 0 Å². The lowest BCUT2D eigenvalue weighted by Crippen LogP contribution is -2.03. The second-order valence-corrected chi connectivity index (χ2v) is 4.47. The van der Waals surface area contributed by atoms with Crippen molar-refractivity contribution in [3.8, 4) is 5.75 Å². The number of methoxy groups -OCH3 is 1. The van der Waals surface area contributed by atoms with Gasteiger partial charge in [-0.15, -0.1) is 0 Å². The molecule has 21 heavy (non-hydrogen) atoms. The smallest absolute Gasteiger partial charge is 0.231 e. The summed E-state index contributed by atoms with van der Waals surface area (Å²) in [5.41, 5.74) is 0.0792. The van der Waals surface area contributed by atoms with E-state index < -0.39 is 17.4 Å². The standard InChI is InChI=1S/C16H10F2O3/c1-20-11-4-2-9-6-15(21-14(9)8-11)16(19)12-7-10(17)3-5-13(12)18/h2-8H,1H3. The van der Waals surface area contributed by atoms with Gasteiger partial charge in [-0.05, 0) is 36.4 Å². The molecular formula is C16H10F2O3. The van der Waals surface area contributed by atoms with Gasteiger partial charge in [-0.3, -0.25) is 4.79 Å². The summed E-state index contributed by atoms with van der Waals surface area (Å²) >= 11 is 0. The summed E-state index contributed by atoms with van der Waals surface area (Å²) in [6.45, 7) is 0. The van der Waals surface area contributed by atoms with E-state index in [4.69, 9.17) is 9.15 Å². The molecule has 2 aromatic carbocycles. The molecule has 0 aliphatic carbocycles. The molecule has 0 unspecified atom stereocenters. The molecule has 0 atom stereocenters. The Balaban J connectivity index is 2.07. The second-order valence-electron chi connectivity index (χ2n) is 4.47. The van der Waals surface area contributed by atoms with Crippen molar-refractivity contribution in [3.63, 3.8) is 0 Å². The first kappa shape index (κ1) is 13.3. The number of hydrogen-bond acceptors (Lipinski definition) is 3. The molecule has 1 aromatic heterocycles. The number of ketones is 1. The Morgan fingerprint density at radius 2 is 1.90 bits per heavy atom. The van der Waals surface area contributed by atoms with E-state index in [9.17, 15) is 13.6 Å². The molecule has 3 rings (SSSR count). The predicted octanol–water partition coefficient (Wildman–Crippen LogP) is 3.95. The fourth-order valence-electron chi connectivity index (χ4n) is 2.05. The van der Waals surface area contributed by atoms with Gasteiger partial charge in [0.25, 0.3) is 0 Å². The van der Waals surface area contributed by atoms with Crippen LogP contribution in [0, 0.1) is 11.6 Å². The molecule has 0 radical (unpaired) electrons. The molecule has 0 saturated heterocycles. The number of carbonyl (C=O) groups excluding carboxylic acids is 1. The lowest BCUT2D eigenvalue weighted by molar-refractivity contribution is 0.101. The first-order chi connectivity index (χ1) is 10.1. The first-order valence-electron chi connectivity index (χ1n) is 6.16. The molecule has 0 spiro atoms. The van der Waals surface area contributed by atoms with Gasteiger partial charge in [-0.25, -0.2) is 8.78 Å². The Morgan fingerprint density at radius 1 is 1.10 bits per heavy atom. The van der Waals surface area contributed by atoms with Gasteiger partial charge in [-0.1, -0.05) is 0 Å². The normalized spacial score (nSPS) is 10.8. The molecule has 0 amide bonds. The van der Waals surface area contributed by atoms with Gasteiger partial charge in [0.15, 0.2) is 5.76 Å². The third-order valence-electron chi connectivity index (χ3n) is 3.12. The van der Waals surface area contributed by atoms with Crippen molar-refractivity contribution in [3.05, 3.63) is 65.4 Å². The molecule has 1 heterocycles. The van der Waals surface area contributed by atoms with Crippen molar-refractivity contribution in [1.29, 1.82) is 0 Å². The summed E-state index contributed by atoms with van der Waals surface area (Å²) in [4.78, 5) is 12.2. The zero-order valence-corrected chi connectivity index (χ0v) is 11.0. The molecule has 0 aliphatic heterocycles. The van der Waals surface area contributed by atoms with Crippen LogP contribution in [0.25, 0.3) is 11.0 Å². The minimum absolute atomic E-state index is 0.0530. The summed E-state index contributed by atoms with van der Waals surface area (Å²) in [6.07, 6.45) is 0. The summed E-state index contributed by atoms with van der Waals surface area (Å²) in [7, 11) is 1.51. The van der Waals surface area contributed by atoms with Gasteiger partial charge in [0, 0.05) is 11.5 Å². The maximum atomic E-state index is 13.6. The molecule has 0 fully saturated rings. The van der Waals surface area contributed by atoms with Crippen LogP contribution in [0.5, 0.6) is 5.75 Å². The van der Waals surface area contributed by atoms with Crippen LogP contribution in [0.4, 0.5) is 8.78 Å². The van der Waals surface area contributed by atoms with E-state index in [0.29, 0.717) is 16.7 Å². The van der Waals surface area contributed by atoms with Gasteiger partial charge < -0.3 is 9.15 Å². The van der Waals surface area contributed by atoms with Gasteiger partial charge in [-0.2, -0.15) is 0 Å². The highest BCUT2D eigenvalue weighted by atomic mass is 19.1. The van der Waals surface area contributed by atoms with Crippen LogP contribution in [-0.2, 0) is 0 Å². The minimum Gasteiger partial charge on any atom is -0.497 e. The fraction of sp³-hybridized carbons (Fsp3) is 0.0625. The second kappa shape index (κ2) is 5.01. The van der Waals surface area contributed by atoms with Gasteiger partial charge in [0.1, 0.15) is 23.0 Å². The highest BCUT2D eigenvalue weighted by Gasteiger charge is 2.19. The number of carbonyl (C=O) groups is 1. The SMILES string of the molecule is COc1ccc2cc(C(=O)c3cc(F)ccc3F)oc2c1. The lowest BCUT2D eigenvalue weighted by Gasteiger charge is -1.99. The van der Waals surface area contributed by atoms with Crippen LogP contribution in [0.15, 0.2) is 46.9 Å². The van der Waals surface area contributed by atoms with Crippen molar-refractivity contribution in [2.75, 3.05) is 7.11 Å². The van der Waals surface area contributed by atoms with Crippen molar-refractivity contribution in [2.45, 2.75) is 0 Å². The van der Waals surface area contributed by atoms with Gasteiger partial charge in [0.05, 0.1) is 12.7 Å². The highest BCUT2D eigenvalue weighted by molar-refractivity contribution is 6.09. The number of hydrogen-bond donors (Lipinski definition) is 0. The largest absolute Gasteiger partial charge is 0.497 e. The Morgan fingerprint density at radius 3 is 2.67 bits per heavy atom. The lowest BCUT2D eigenvalue weighted by atomic mass is 10.1. The predicted molar refractivity (Wildman–Crippen MR) is 72.6 cm³/mol. The van der Waals surface area contributed by atoms with Crippen molar-refractivity contribution < 1.29 is 22.7 Å². The first-order valence-corrected chi connectivity index (χ1v) is 6.16. The van der Waals surface area contributed by atoms with Crippen molar-refractivity contribution in [1.82, 2.24) is 0 Å². The van der Waals surface area contributed by atoms with E-state index in [2.05, 4.69) is 0 Å². The third kappa shape index (κ3) is 2.38. The Hall–Kier alpha value is -2.69. The maximum absolute atomic E-state index is 13.6. The monoisotopic (exact) mass is 288 g/mol. The molecule has 5 heteroatoms. The summed E-state index contributed by atoms with van der Waals surface area (Å²) in [5, 5.41) is 0.677. The Bertz CT molecular complexity index is 837.